The van der Waals surface area contributed by atoms with Crippen molar-refractivity contribution in [3.05, 3.63) is 24.3 Å². The van der Waals surface area contributed by atoms with Crippen LogP contribution in [0, 0.1) is 0 Å². The number of ether oxygens (including phenoxy) is 2. The molecule has 70 valence electrons. The number of para-hydroxylation sites is 2. The molecule has 0 bridgehead atoms. The minimum absolute atomic E-state index is 0.180. The van der Waals surface area contributed by atoms with Gasteiger partial charge in [0.2, 0.25) is 0 Å². The monoisotopic (exact) mass is 180 g/mol. The normalized spacial score (nSPS) is 19.9. The zero-order valence-corrected chi connectivity index (χ0v) is 7.69. The lowest BCUT2D eigenvalue weighted by Crippen LogP contribution is -2.83. The number of rotatable bonds is 2. The summed E-state index contributed by atoms with van der Waals surface area (Å²) in [5, 5.41) is 2.10. The van der Waals surface area contributed by atoms with E-state index >= 15 is 0 Å². The van der Waals surface area contributed by atoms with E-state index in [0.717, 1.165) is 18.0 Å². The van der Waals surface area contributed by atoms with Crippen LogP contribution in [-0.2, 0) is 0 Å². The minimum Gasteiger partial charge on any atom is -0.486 e. The average molecular weight is 180 g/mol. The Bertz CT molecular complexity index is 288. The van der Waals surface area contributed by atoms with E-state index in [-0.39, 0.29) is 6.10 Å². The third kappa shape index (κ3) is 1.75. The smallest absolute Gasteiger partial charge is 0.181 e. The second-order valence-corrected chi connectivity index (χ2v) is 3.14. The van der Waals surface area contributed by atoms with E-state index in [9.17, 15) is 0 Å². The molecule has 0 radical (unpaired) electrons. The lowest BCUT2D eigenvalue weighted by molar-refractivity contribution is -0.633. The van der Waals surface area contributed by atoms with Gasteiger partial charge in [-0.15, -0.1) is 0 Å². The van der Waals surface area contributed by atoms with Gasteiger partial charge in [0.25, 0.3) is 0 Å². The Balaban J connectivity index is 2.11. The summed E-state index contributed by atoms with van der Waals surface area (Å²) in [6.45, 7) is 1.59. The maximum Gasteiger partial charge on any atom is 0.181 e. The van der Waals surface area contributed by atoms with Crippen LogP contribution in [0.5, 0.6) is 11.5 Å². The molecule has 1 aromatic carbocycles. The molecule has 1 aliphatic heterocycles. The molecule has 0 aliphatic carbocycles. The molecule has 0 saturated carbocycles. The van der Waals surface area contributed by atoms with Crippen LogP contribution in [0.4, 0.5) is 0 Å². The number of quaternary nitrogens is 1. The number of hydrogen-bond donors (Lipinski definition) is 1. The number of benzene rings is 1. The van der Waals surface area contributed by atoms with E-state index in [0.29, 0.717) is 6.61 Å². The molecule has 1 aliphatic rings. The fourth-order valence-electron chi connectivity index (χ4n) is 1.44. The zero-order chi connectivity index (χ0) is 9.10. The van der Waals surface area contributed by atoms with Crippen molar-refractivity contribution >= 4 is 0 Å². The zero-order valence-electron chi connectivity index (χ0n) is 7.69. The van der Waals surface area contributed by atoms with Crippen molar-refractivity contribution in [2.45, 2.75) is 6.10 Å². The molecule has 0 unspecified atom stereocenters. The first kappa shape index (κ1) is 8.38. The van der Waals surface area contributed by atoms with Gasteiger partial charge < -0.3 is 14.8 Å². The fraction of sp³-hybridized carbons (Fsp3) is 0.400. The van der Waals surface area contributed by atoms with Gasteiger partial charge in [-0.3, -0.25) is 0 Å². The van der Waals surface area contributed by atoms with E-state index in [1.165, 1.54) is 0 Å². The maximum atomic E-state index is 5.72. The SMILES string of the molecule is C[NH2+]C[C@H]1COc2ccccc2O1. The molecule has 1 aromatic rings. The number of fused-ring (bicyclic) bond motifs is 1. The van der Waals surface area contributed by atoms with Crippen molar-refractivity contribution in [2.24, 2.45) is 0 Å². The van der Waals surface area contributed by atoms with E-state index in [2.05, 4.69) is 5.32 Å². The molecule has 0 aromatic heterocycles. The molecule has 1 heterocycles. The van der Waals surface area contributed by atoms with Gasteiger partial charge in [-0.25, -0.2) is 0 Å². The van der Waals surface area contributed by atoms with Gasteiger partial charge >= 0.3 is 0 Å². The second kappa shape index (κ2) is 3.66. The van der Waals surface area contributed by atoms with Crippen molar-refractivity contribution in [3.63, 3.8) is 0 Å². The second-order valence-electron chi connectivity index (χ2n) is 3.14. The Hall–Kier alpha value is -1.22. The number of likely N-dealkylation sites (N-methyl/N-ethyl adjacent to an activating group) is 1. The van der Waals surface area contributed by atoms with Gasteiger partial charge in [-0.05, 0) is 12.1 Å². The molecule has 0 amide bonds. The molecule has 3 nitrogen and oxygen atoms in total. The van der Waals surface area contributed by atoms with Gasteiger partial charge in [0.1, 0.15) is 13.2 Å². The molecule has 0 saturated heterocycles. The Kier molecular flexibility index (Phi) is 2.36. The summed E-state index contributed by atoms with van der Waals surface area (Å²) in [5.41, 5.74) is 0. The van der Waals surface area contributed by atoms with Crippen LogP contribution in [0.15, 0.2) is 24.3 Å². The summed E-state index contributed by atoms with van der Waals surface area (Å²) < 4.78 is 11.3. The predicted octanol–water partition coefficient (Wildman–Crippen LogP) is 0.0196. The van der Waals surface area contributed by atoms with Crippen LogP contribution in [0.2, 0.25) is 0 Å². The molecule has 13 heavy (non-hydrogen) atoms. The van der Waals surface area contributed by atoms with Crippen molar-refractivity contribution in [1.29, 1.82) is 0 Å². The van der Waals surface area contributed by atoms with Gasteiger partial charge in [0.15, 0.2) is 17.6 Å². The average Bonchev–Trinajstić information content (AvgIpc) is 2.18. The Labute approximate surface area is 77.7 Å². The Morgan fingerprint density at radius 2 is 2.15 bits per heavy atom. The van der Waals surface area contributed by atoms with Gasteiger partial charge in [-0.2, -0.15) is 0 Å². The lowest BCUT2D eigenvalue weighted by Gasteiger charge is -2.24. The van der Waals surface area contributed by atoms with Crippen LogP contribution in [-0.4, -0.2) is 26.3 Å². The van der Waals surface area contributed by atoms with Crippen molar-refractivity contribution < 1.29 is 14.8 Å². The first-order chi connectivity index (χ1) is 6.40. The molecule has 0 spiro atoms. The van der Waals surface area contributed by atoms with E-state index in [4.69, 9.17) is 9.47 Å². The third-order valence-electron chi connectivity index (χ3n) is 2.07. The largest absolute Gasteiger partial charge is 0.486 e. The number of hydrogen-bond acceptors (Lipinski definition) is 2. The highest BCUT2D eigenvalue weighted by Crippen LogP contribution is 2.30. The summed E-state index contributed by atoms with van der Waals surface area (Å²) in [4.78, 5) is 0. The quantitative estimate of drug-likeness (QED) is 0.696. The summed E-state index contributed by atoms with van der Waals surface area (Å²) in [7, 11) is 2.03. The molecule has 1 atom stereocenters. The molecular weight excluding hydrogens is 166 g/mol. The van der Waals surface area contributed by atoms with Crippen LogP contribution in [0.1, 0.15) is 0 Å². The highest BCUT2D eigenvalue weighted by atomic mass is 16.6. The predicted molar refractivity (Wildman–Crippen MR) is 49.1 cm³/mol. The summed E-state index contributed by atoms with van der Waals surface area (Å²) in [6, 6.07) is 7.78. The summed E-state index contributed by atoms with van der Waals surface area (Å²) in [6.07, 6.45) is 0.180. The fourth-order valence-corrected chi connectivity index (χ4v) is 1.44. The third-order valence-corrected chi connectivity index (χ3v) is 2.07. The number of nitrogens with two attached hydrogens (primary N) is 1. The first-order valence-corrected chi connectivity index (χ1v) is 4.56. The highest BCUT2D eigenvalue weighted by molar-refractivity contribution is 5.40. The Morgan fingerprint density at radius 3 is 2.92 bits per heavy atom. The van der Waals surface area contributed by atoms with E-state index < -0.39 is 0 Å². The highest BCUT2D eigenvalue weighted by Gasteiger charge is 2.20. The molecule has 2 rings (SSSR count). The van der Waals surface area contributed by atoms with Gasteiger partial charge in [0.05, 0.1) is 7.05 Å². The van der Waals surface area contributed by atoms with Crippen molar-refractivity contribution in [3.8, 4) is 11.5 Å². The van der Waals surface area contributed by atoms with Crippen molar-refractivity contribution in [1.82, 2.24) is 0 Å². The van der Waals surface area contributed by atoms with Crippen molar-refractivity contribution in [2.75, 3.05) is 20.2 Å². The molecule has 3 heteroatoms. The Morgan fingerprint density at radius 1 is 1.38 bits per heavy atom. The van der Waals surface area contributed by atoms with Crippen LogP contribution in [0.3, 0.4) is 0 Å². The minimum atomic E-state index is 0.180. The van der Waals surface area contributed by atoms with Gasteiger partial charge in [-0.1, -0.05) is 12.1 Å². The first-order valence-electron chi connectivity index (χ1n) is 4.56. The van der Waals surface area contributed by atoms with Crippen LogP contribution in [0.25, 0.3) is 0 Å². The maximum absolute atomic E-state index is 5.72. The summed E-state index contributed by atoms with van der Waals surface area (Å²) >= 11 is 0. The lowest BCUT2D eigenvalue weighted by atomic mass is 10.2. The van der Waals surface area contributed by atoms with Crippen LogP contribution < -0.4 is 14.8 Å². The van der Waals surface area contributed by atoms with E-state index in [1.807, 2.05) is 31.3 Å². The molecule has 2 N–H and O–H groups in total. The standard InChI is InChI=1S/C10H13NO2/c1-11-6-8-7-12-9-4-2-3-5-10(9)13-8/h2-5,8,11H,6-7H2,1H3/p+1/t8-/m0/s1. The molecule has 0 fully saturated rings. The van der Waals surface area contributed by atoms with E-state index in [1.54, 1.807) is 0 Å². The van der Waals surface area contributed by atoms with Gasteiger partial charge in [0, 0.05) is 0 Å². The molecular formula is C10H14NO2+. The van der Waals surface area contributed by atoms with Crippen LogP contribution >= 0.6 is 0 Å². The summed E-state index contributed by atoms with van der Waals surface area (Å²) in [5.74, 6) is 1.72. The topological polar surface area (TPSA) is 35.1 Å².